The van der Waals surface area contributed by atoms with Crippen LogP contribution in [0.1, 0.15) is 32.0 Å². The minimum atomic E-state index is 0.438. The van der Waals surface area contributed by atoms with Crippen LogP contribution in [0, 0.1) is 17.2 Å². The van der Waals surface area contributed by atoms with Crippen molar-refractivity contribution in [1.82, 2.24) is 4.98 Å². The second-order valence-corrected chi connectivity index (χ2v) is 5.73. The van der Waals surface area contributed by atoms with Crippen molar-refractivity contribution in [3.63, 3.8) is 0 Å². The van der Waals surface area contributed by atoms with Gasteiger partial charge in [0.2, 0.25) is 0 Å². The summed E-state index contributed by atoms with van der Waals surface area (Å²) in [5.41, 5.74) is 2.03. The molecular formula is C20H22N2O2. The summed E-state index contributed by atoms with van der Waals surface area (Å²) < 4.78 is 11.5. The van der Waals surface area contributed by atoms with Crippen molar-refractivity contribution in [2.45, 2.75) is 20.8 Å². The molecule has 0 unspecified atom stereocenters. The molecule has 0 atom stereocenters. The summed E-state index contributed by atoms with van der Waals surface area (Å²) in [5, 5.41) is 9.40. The highest BCUT2D eigenvalue weighted by Crippen LogP contribution is 2.30. The monoisotopic (exact) mass is 322 g/mol. The third-order valence-electron chi connectivity index (χ3n) is 3.21. The Hall–Kier alpha value is -2.80. The quantitative estimate of drug-likeness (QED) is 0.700. The van der Waals surface area contributed by atoms with E-state index in [1.165, 1.54) is 0 Å². The first-order valence-corrected chi connectivity index (χ1v) is 8.07. The number of ether oxygens (including phenoxy) is 2. The van der Waals surface area contributed by atoms with Gasteiger partial charge >= 0.3 is 0 Å². The Morgan fingerprint density at radius 3 is 2.67 bits per heavy atom. The SMILES string of the molecule is CCOc1cc(/C=C(\C#N)c2ccccn2)ccc1OCC(C)C. The van der Waals surface area contributed by atoms with Crippen LogP contribution >= 0.6 is 0 Å². The van der Waals surface area contributed by atoms with E-state index < -0.39 is 0 Å². The normalized spacial score (nSPS) is 11.2. The summed E-state index contributed by atoms with van der Waals surface area (Å²) in [6.45, 7) is 7.32. The number of nitriles is 1. The number of hydrogen-bond acceptors (Lipinski definition) is 4. The lowest BCUT2D eigenvalue weighted by Gasteiger charge is -2.14. The van der Waals surface area contributed by atoms with E-state index in [2.05, 4.69) is 24.9 Å². The maximum absolute atomic E-state index is 9.40. The highest BCUT2D eigenvalue weighted by molar-refractivity contribution is 5.88. The number of allylic oxidation sites excluding steroid dienone is 1. The zero-order valence-corrected chi connectivity index (χ0v) is 14.3. The fourth-order valence-corrected chi connectivity index (χ4v) is 2.11. The summed E-state index contributed by atoms with van der Waals surface area (Å²) in [4.78, 5) is 4.22. The van der Waals surface area contributed by atoms with Gasteiger partial charge in [0.1, 0.15) is 6.07 Å². The summed E-state index contributed by atoms with van der Waals surface area (Å²) in [6, 6.07) is 13.4. The highest BCUT2D eigenvalue weighted by atomic mass is 16.5. The molecule has 0 bridgehead atoms. The van der Waals surface area contributed by atoms with Gasteiger partial charge in [-0.1, -0.05) is 26.0 Å². The summed E-state index contributed by atoms with van der Waals surface area (Å²) >= 11 is 0. The van der Waals surface area contributed by atoms with E-state index in [4.69, 9.17) is 9.47 Å². The molecule has 124 valence electrons. The molecule has 1 heterocycles. The van der Waals surface area contributed by atoms with Crippen LogP contribution in [0.3, 0.4) is 0 Å². The molecule has 1 aromatic heterocycles. The van der Waals surface area contributed by atoms with Crippen LogP contribution in [0.5, 0.6) is 11.5 Å². The molecule has 0 amide bonds. The van der Waals surface area contributed by atoms with E-state index in [-0.39, 0.29) is 0 Å². The van der Waals surface area contributed by atoms with Crippen molar-refractivity contribution in [1.29, 1.82) is 5.26 Å². The fourth-order valence-electron chi connectivity index (χ4n) is 2.11. The molecule has 24 heavy (non-hydrogen) atoms. The Kier molecular flexibility index (Phi) is 6.39. The molecule has 0 aliphatic carbocycles. The lowest BCUT2D eigenvalue weighted by molar-refractivity contribution is 0.248. The molecule has 0 radical (unpaired) electrons. The second-order valence-electron chi connectivity index (χ2n) is 5.73. The van der Waals surface area contributed by atoms with Gasteiger partial charge in [0, 0.05) is 6.20 Å². The first-order valence-electron chi connectivity index (χ1n) is 8.07. The molecule has 0 N–H and O–H groups in total. The third kappa shape index (κ3) is 4.85. The molecule has 2 aromatic rings. The predicted molar refractivity (Wildman–Crippen MR) is 95.7 cm³/mol. The number of hydrogen-bond donors (Lipinski definition) is 0. The van der Waals surface area contributed by atoms with Crippen molar-refractivity contribution in [3.05, 3.63) is 53.9 Å². The van der Waals surface area contributed by atoms with Crippen LogP contribution in [0.2, 0.25) is 0 Å². The van der Waals surface area contributed by atoms with Crippen molar-refractivity contribution in [2.75, 3.05) is 13.2 Å². The Bertz CT molecular complexity index is 731. The number of rotatable bonds is 7. The molecule has 0 saturated heterocycles. The molecule has 1 aromatic carbocycles. The van der Waals surface area contributed by atoms with Gasteiger partial charge < -0.3 is 9.47 Å². The first kappa shape index (κ1) is 17.6. The van der Waals surface area contributed by atoms with Gasteiger partial charge in [0.25, 0.3) is 0 Å². The van der Waals surface area contributed by atoms with Crippen molar-refractivity contribution in [2.24, 2.45) is 5.92 Å². The van der Waals surface area contributed by atoms with Crippen LogP contribution in [0.15, 0.2) is 42.6 Å². The van der Waals surface area contributed by atoms with E-state index in [1.54, 1.807) is 12.3 Å². The lowest BCUT2D eigenvalue weighted by Crippen LogP contribution is -2.06. The van der Waals surface area contributed by atoms with Gasteiger partial charge in [-0.25, -0.2) is 0 Å². The average molecular weight is 322 g/mol. The standard InChI is InChI=1S/C20H22N2O2/c1-4-23-20-12-16(8-9-19(20)24-14-15(2)3)11-17(13-21)18-7-5-6-10-22-18/h5-12,15H,4,14H2,1-3H3/b17-11+. The smallest absolute Gasteiger partial charge is 0.161 e. The molecule has 0 spiro atoms. The molecule has 0 saturated carbocycles. The van der Waals surface area contributed by atoms with Crippen LogP contribution in [0.25, 0.3) is 11.6 Å². The fraction of sp³-hybridized carbons (Fsp3) is 0.300. The minimum absolute atomic E-state index is 0.438. The van der Waals surface area contributed by atoms with Gasteiger partial charge in [-0.05, 0) is 48.7 Å². The van der Waals surface area contributed by atoms with Crippen LogP contribution in [-0.2, 0) is 0 Å². The van der Waals surface area contributed by atoms with Crippen molar-refractivity contribution >= 4 is 11.6 Å². The van der Waals surface area contributed by atoms with Crippen LogP contribution in [0.4, 0.5) is 0 Å². The Balaban J connectivity index is 2.32. The summed E-state index contributed by atoms with van der Waals surface area (Å²) in [5.74, 6) is 1.85. The van der Waals surface area contributed by atoms with Gasteiger partial charge in [0.05, 0.1) is 24.5 Å². The zero-order chi connectivity index (χ0) is 17.4. The van der Waals surface area contributed by atoms with Gasteiger partial charge in [0.15, 0.2) is 11.5 Å². The van der Waals surface area contributed by atoms with Gasteiger partial charge in [-0.3, -0.25) is 4.98 Å². The maximum Gasteiger partial charge on any atom is 0.161 e. The number of pyridine rings is 1. The van der Waals surface area contributed by atoms with E-state index in [1.807, 2.05) is 43.3 Å². The summed E-state index contributed by atoms with van der Waals surface area (Å²) in [6.07, 6.45) is 3.48. The van der Waals surface area contributed by atoms with E-state index in [9.17, 15) is 5.26 Å². The minimum Gasteiger partial charge on any atom is -0.490 e. The number of aromatic nitrogens is 1. The van der Waals surface area contributed by atoms with Crippen LogP contribution in [-0.4, -0.2) is 18.2 Å². The van der Waals surface area contributed by atoms with Crippen LogP contribution < -0.4 is 9.47 Å². The molecular weight excluding hydrogens is 300 g/mol. The van der Waals surface area contributed by atoms with E-state index in [0.717, 1.165) is 11.3 Å². The first-order chi connectivity index (χ1) is 11.6. The molecule has 0 aliphatic heterocycles. The van der Waals surface area contributed by atoms with E-state index >= 15 is 0 Å². The Labute approximate surface area is 143 Å². The van der Waals surface area contributed by atoms with Gasteiger partial charge in [-0.2, -0.15) is 5.26 Å². The largest absolute Gasteiger partial charge is 0.490 e. The molecule has 0 aliphatic rings. The molecule has 0 fully saturated rings. The lowest BCUT2D eigenvalue weighted by atomic mass is 10.1. The molecule has 2 rings (SSSR count). The average Bonchev–Trinajstić information content (AvgIpc) is 2.60. The second kappa shape index (κ2) is 8.73. The topological polar surface area (TPSA) is 55.1 Å². The van der Waals surface area contributed by atoms with Crippen molar-refractivity contribution < 1.29 is 9.47 Å². The third-order valence-corrected chi connectivity index (χ3v) is 3.21. The highest BCUT2D eigenvalue weighted by Gasteiger charge is 2.08. The molecule has 4 nitrogen and oxygen atoms in total. The Morgan fingerprint density at radius 2 is 2.04 bits per heavy atom. The maximum atomic E-state index is 9.40. The zero-order valence-electron chi connectivity index (χ0n) is 14.3. The predicted octanol–water partition coefficient (Wildman–Crippen LogP) is 4.58. The van der Waals surface area contributed by atoms with E-state index in [0.29, 0.717) is 36.1 Å². The number of nitrogens with zero attached hydrogens (tertiary/aromatic N) is 2. The van der Waals surface area contributed by atoms with Gasteiger partial charge in [-0.15, -0.1) is 0 Å². The molecule has 4 heteroatoms. The number of benzene rings is 1. The summed E-state index contributed by atoms with van der Waals surface area (Å²) in [7, 11) is 0. The Morgan fingerprint density at radius 1 is 1.21 bits per heavy atom. The van der Waals surface area contributed by atoms with Crippen molar-refractivity contribution in [3.8, 4) is 17.6 Å².